The summed E-state index contributed by atoms with van der Waals surface area (Å²) in [6, 6.07) is 10.9. The van der Waals surface area contributed by atoms with Crippen molar-refractivity contribution in [2.75, 3.05) is 7.05 Å². The molecule has 0 saturated carbocycles. The van der Waals surface area contributed by atoms with E-state index in [0.29, 0.717) is 16.3 Å². The van der Waals surface area contributed by atoms with Crippen LogP contribution in [-0.2, 0) is 0 Å². The number of H-pyrrole nitrogens is 1. The van der Waals surface area contributed by atoms with Crippen molar-refractivity contribution in [3.8, 4) is 0 Å². The first-order chi connectivity index (χ1) is 11.6. The highest BCUT2D eigenvalue weighted by molar-refractivity contribution is 6.06. The second-order valence-corrected chi connectivity index (χ2v) is 5.70. The fraction of sp³-hybridized carbons (Fsp3) is 0.211. The molecule has 2 aromatic heterocycles. The smallest absolute Gasteiger partial charge is 0.256 e. The van der Waals surface area contributed by atoms with Crippen LogP contribution in [0.4, 0.5) is 0 Å². The molecular weight excluding hydrogens is 302 g/mol. The highest BCUT2D eigenvalue weighted by atomic mass is 16.2. The van der Waals surface area contributed by atoms with Gasteiger partial charge in [0.2, 0.25) is 0 Å². The van der Waals surface area contributed by atoms with Gasteiger partial charge < -0.3 is 9.88 Å². The van der Waals surface area contributed by atoms with Crippen LogP contribution >= 0.6 is 0 Å². The second kappa shape index (κ2) is 6.66. The van der Waals surface area contributed by atoms with Crippen molar-refractivity contribution in [2.45, 2.75) is 19.4 Å². The Kier molecular flexibility index (Phi) is 4.42. The third-order valence-electron chi connectivity index (χ3n) is 4.28. The zero-order valence-electron chi connectivity index (χ0n) is 13.7. The number of hydrogen-bond acceptors (Lipinski definition) is 3. The van der Waals surface area contributed by atoms with Gasteiger partial charge in [0.1, 0.15) is 0 Å². The third-order valence-corrected chi connectivity index (χ3v) is 4.28. The van der Waals surface area contributed by atoms with E-state index in [9.17, 15) is 9.59 Å². The summed E-state index contributed by atoms with van der Waals surface area (Å²) < 4.78 is 0. The number of benzene rings is 1. The monoisotopic (exact) mass is 321 g/mol. The summed E-state index contributed by atoms with van der Waals surface area (Å²) in [7, 11) is 1.78. The summed E-state index contributed by atoms with van der Waals surface area (Å²) in [5.74, 6) is -0.127. The fourth-order valence-corrected chi connectivity index (χ4v) is 3.02. The van der Waals surface area contributed by atoms with E-state index in [0.717, 1.165) is 12.0 Å². The predicted octanol–water partition coefficient (Wildman–Crippen LogP) is 3.15. The average molecular weight is 321 g/mol. The predicted molar refractivity (Wildman–Crippen MR) is 93.9 cm³/mol. The van der Waals surface area contributed by atoms with E-state index in [1.807, 2.05) is 25.1 Å². The fourth-order valence-electron chi connectivity index (χ4n) is 3.02. The Hall–Kier alpha value is -2.95. The average Bonchev–Trinajstić information content (AvgIpc) is 2.63. The van der Waals surface area contributed by atoms with Crippen LogP contribution in [0.5, 0.6) is 0 Å². The number of rotatable bonds is 4. The van der Waals surface area contributed by atoms with Crippen molar-refractivity contribution in [3.05, 3.63) is 76.5 Å². The molecule has 0 bridgehead atoms. The van der Waals surface area contributed by atoms with Gasteiger partial charge in [0.05, 0.1) is 11.6 Å². The minimum absolute atomic E-state index is 0.0723. The summed E-state index contributed by atoms with van der Waals surface area (Å²) in [6.45, 7) is 2.03. The number of nitrogens with zero attached hydrogens (tertiary/aromatic N) is 2. The van der Waals surface area contributed by atoms with Crippen LogP contribution in [0.3, 0.4) is 0 Å². The van der Waals surface area contributed by atoms with Crippen molar-refractivity contribution in [3.63, 3.8) is 0 Å². The number of carbonyl (C=O) groups excluding carboxylic acids is 1. The second-order valence-electron chi connectivity index (χ2n) is 5.70. The largest absolute Gasteiger partial charge is 0.335 e. The number of hydrogen-bond donors (Lipinski definition) is 1. The zero-order valence-corrected chi connectivity index (χ0v) is 13.7. The SMILES string of the molecule is CC[C@H](c1cccnc1)N(C)C(=O)c1c[nH]c(=O)c2ccccc12. The van der Waals surface area contributed by atoms with E-state index in [1.165, 1.54) is 6.20 Å². The van der Waals surface area contributed by atoms with Crippen LogP contribution in [0.2, 0.25) is 0 Å². The van der Waals surface area contributed by atoms with Gasteiger partial charge in [-0.2, -0.15) is 0 Å². The van der Waals surface area contributed by atoms with E-state index in [1.54, 1.807) is 42.5 Å². The van der Waals surface area contributed by atoms with Crippen LogP contribution in [0.15, 0.2) is 59.8 Å². The van der Waals surface area contributed by atoms with Gasteiger partial charge in [0.25, 0.3) is 11.5 Å². The van der Waals surface area contributed by atoms with Crippen molar-refractivity contribution in [1.82, 2.24) is 14.9 Å². The molecule has 122 valence electrons. The van der Waals surface area contributed by atoms with Gasteiger partial charge in [-0.05, 0) is 24.1 Å². The van der Waals surface area contributed by atoms with Crippen LogP contribution in [-0.4, -0.2) is 27.8 Å². The molecule has 0 saturated heterocycles. The van der Waals surface area contributed by atoms with E-state index in [4.69, 9.17) is 0 Å². The summed E-state index contributed by atoms with van der Waals surface area (Å²) in [5.41, 5.74) is 1.30. The molecule has 5 heteroatoms. The van der Waals surface area contributed by atoms with E-state index in [-0.39, 0.29) is 17.5 Å². The van der Waals surface area contributed by atoms with Gasteiger partial charge in [0, 0.05) is 36.4 Å². The Balaban J connectivity index is 2.03. The molecule has 1 atom stereocenters. The molecule has 1 amide bonds. The molecule has 0 aliphatic rings. The lowest BCUT2D eigenvalue weighted by molar-refractivity contribution is 0.0727. The van der Waals surface area contributed by atoms with Gasteiger partial charge in [-0.3, -0.25) is 14.6 Å². The van der Waals surface area contributed by atoms with Gasteiger partial charge in [0.15, 0.2) is 0 Å². The van der Waals surface area contributed by atoms with Gasteiger partial charge in [-0.15, -0.1) is 0 Å². The Bertz CT molecular complexity index is 919. The normalized spacial score (nSPS) is 12.1. The van der Waals surface area contributed by atoms with Crippen LogP contribution in [0, 0.1) is 0 Å². The van der Waals surface area contributed by atoms with E-state index in [2.05, 4.69) is 9.97 Å². The molecule has 2 heterocycles. The summed E-state index contributed by atoms with van der Waals surface area (Å²) in [5, 5.41) is 1.19. The molecule has 0 aliphatic carbocycles. The minimum Gasteiger partial charge on any atom is -0.335 e. The highest BCUT2D eigenvalue weighted by Crippen LogP contribution is 2.25. The Morgan fingerprint density at radius 2 is 1.96 bits per heavy atom. The molecule has 5 nitrogen and oxygen atoms in total. The quantitative estimate of drug-likeness (QED) is 0.803. The Labute approximate surface area is 140 Å². The van der Waals surface area contributed by atoms with Gasteiger partial charge in [-0.25, -0.2) is 0 Å². The lowest BCUT2D eigenvalue weighted by atomic mass is 10.0. The van der Waals surface area contributed by atoms with Crippen LogP contribution in [0.25, 0.3) is 10.8 Å². The summed E-state index contributed by atoms with van der Waals surface area (Å²) in [4.78, 5) is 33.5. The molecule has 0 radical (unpaired) electrons. The summed E-state index contributed by atoms with van der Waals surface area (Å²) >= 11 is 0. The van der Waals surface area contributed by atoms with Crippen molar-refractivity contribution < 1.29 is 4.79 Å². The van der Waals surface area contributed by atoms with Crippen LogP contribution in [0.1, 0.15) is 35.3 Å². The molecule has 0 spiro atoms. The van der Waals surface area contributed by atoms with Crippen LogP contribution < -0.4 is 5.56 Å². The number of aromatic nitrogens is 2. The lowest BCUT2D eigenvalue weighted by Gasteiger charge is -2.28. The molecule has 0 fully saturated rings. The topological polar surface area (TPSA) is 66.1 Å². The van der Waals surface area contributed by atoms with Crippen molar-refractivity contribution in [1.29, 1.82) is 0 Å². The Morgan fingerprint density at radius 1 is 1.21 bits per heavy atom. The third kappa shape index (κ3) is 2.80. The molecule has 0 unspecified atom stereocenters. The molecule has 0 aliphatic heterocycles. The molecule has 24 heavy (non-hydrogen) atoms. The first-order valence-corrected chi connectivity index (χ1v) is 7.91. The molecule has 3 rings (SSSR count). The lowest BCUT2D eigenvalue weighted by Crippen LogP contribution is -2.31. The number of amides is 1. The van der Waals surface area contributed by atoms with E-state index >= 15 is 0 Å². The van der Waals surface area contributed by atoms with Crippen molar-refractivity contribution >= 4 is 16.7 Å². The maximum absolute atomic E-state index is 13.0. The number of pyridine rings is 2. The number of aromatic amines is 1. The molecule has 3 aromatic rings. The van der Waals surface area contributed by atoms with Crippen molar-refractivity contribution in [2.24, 2.45) is 0 Å². The maximum Gasteiger partial charge on any atom is 0.256 e. The maximum atomic E-state index is 13.0. The summed E-state index contributed by atoms with van der Waals surface area (Å²) in [6.07, 6.45) is 5.77. The molecular formula is C19H19N3O2. The Morgan fingerprint density at radius 3 is 2.62 bits per heavy atom. The first kappa shape index (κ1) is 15.9. The first-order valence-electron chi connectivity index (χ1n) is 7.91. The molecule has 1 N–H and O–H groups in total. The highest BCUT2D eigenvalue weighted by Gasteiger charge is 2.23. The molecule has 1 aromatic carbocycles. The number of nitrogens with one attached hydrogen (secondary N) is 1. The number of carbonyl (C=O) groups is 1. The minimum atomic E-state index is -0.191. The number of fused-ring (bicyclic) bond motifs is 1. The van der Waals surface area contributed by atoms with E-state index < -0.39 is 0 Å². The van der Waals surface area contributed by atoms with Gasteiger partial charge in [-0.1, -0.05) is 31.2 Å². The standard InChI is InChI=1S/C19H19N3O2/c1-3-17(13-7-6-10-20-11-13)22(2)19(24)16-12-21-18(23)15-9-5-4-8-14(15)16/h4-12,17H,3H2,1-2H3,(H,21,23)/t17-/m1/s1. The van der Waals surface area contributed by atoms with Gasteiger partial charge >= 0.3 is 0 Å². The zero-order chi connectivity index (χ0) is 17.1.